The number of fused-ring (bicyclic) bond motifs is 1. The minimum absolute atomic E-state index is 0.481. The molecular weight excluding hydrogens is 348 g/mol. The van der Waals surface area contributed by atoms with Crippen LogP contribution in [0.2, 0.25) is 0 Å². The SMILES string of the molecule is [C-]#[N+]c1ccc2[nH]cc(CCCN3CCN(c4nccc(C)n4)CC3C)c2c1. The van der Waals surface area contributed by atoms with Gasteiger partial charge in [-0.1, -0.05) is 6.07 Å². The first-order valence-corrected chi connectivity index (χ1v) is 9.90. The van der Waals surface area contributed by atoms with Crippen LogP contribution in [0.3, 0.4) is 0 Å². The minimum Gasteiger partial charge on any atom is -0.361 e. The number of nitrogens with zero attached hydrogens (tertiary/aromatic N) is 5. The van der Waals surface area contributed by atoms with Gasteiger partial charge in [0.05, 0.1) is 6.57 Å². The number of aryl methyl sites for hydroxylation is 2. The summed E-state index contributed by atoms with van der Waals surface area (Å²) in [5, 5.41) is 1.18. The Morgan fingerprint density at radius 2 is 2.18 bits per heavy atom. The molecule has 0 bridgehead atoms. The normalized spacial score (nSPS) is 17.8. The summed E-state index contributed by atoms with van der Waals surface area (Å²) >= 11 is 0. The molecule has 1 atom stereocenters. The van der Waals surface area contributed by atoms with Gasteiger partial charge in [-0.15, -0.1) is 0 Å². The molecule has 1 aromatic carbocycles. The molecule has 2 aromatic heterocycles. The fourth-order valence-corrected chi connectivity index (χ4v) is 4.01. The number of anilines is 1. The van der Waals surface area contributed by atoms with Crippen LogP contribution in [-0.2, 0) is 6.42 Å². The van der Waals surface area contributed by atoms with Gasteiger partial charge in [-0.25, -0.2) is 14.8 Å². The van der Waals surface area contributed by atoms with Gasteiger partial charge in [0, 0.05) is 49.3 Å². The van der Waals surface area contributed by atoms with Crippen LogP contribution in [0.5, 0.6) is 0 Å². The van der Waals surface area contributed by atoms with Crippen LogP contribution >= 0.6 is 0 Å². The van der Waals surface area contributed by atoms with E-state index in [1.54, 1.807) is 0 Å². The lowest BCUT2D eigenvalue weighted by Crippen LogP contribution is -2.52. The summed E-state index contributed by atoms with van der Waals surface area (Å²) in [6.07, 6.45) is 6.07. The Morgan fingerprint density at radius 3 is 2.96 bits per heavy atom. The van der Waals surface area contributed by atoms with Crippen LogP contribution in [-0.4, -0.2) is 52.1 Å². The standard InChI is InChI=1S/C22H26N6/c1-16-8-9-24-22(26-16)28-12-11-27(17(2)15-28)10-4-5-18-14-25-21-7-6-19(23-3)13-20(18)21/h6-9,13-14,17,25H,4-5,10-12,15H2,1-2H3. The summed E-state index contributed by atoms with van der Waals surface area (Å²) in [6, 6.07) is 8.29. The van der Waals surface area contributed by atoms with Crippen molar-refractivity contribution in [3.63, 3.8) is 0 Å². The lowest BCUT2D eigenvalue weighted by Gasteiger charge is -2.40. The summed E-state index contributed by atoms with van der Waals surface area (Å²) in [4.78, 5) is 20.7. The molecule has 0 spiro atoms. The molecule has 28 heavy (non-hydrogen) atoms. The zero-order chi connectivity index (χ0) is 19.5. The predicted octanol–water partition coefficient (Wildman–Crippen LogP) is 3.96. The molecule has 0 saturated carbocycles. The summed E-state index contributed by atoms with van der Waals surface area (Å²) in [5.41, 5.74) is 4.14. The van der Waals surface area contributed by atoms with Crippen molar-refractivity contribution in [2.24, 2.45) is 0 Å². The van der Waals surface area contributed by atoms with Crippen LogP contribution in [0, 0.1) is 13.5 Å². The average Bonchev–Trinajstić information content (AvgIpc) is 3.11. The van der Waals surface area contributed by atoms with Gasteiger partial charge in [-0.3, -0.25) is 4.90 Å². The van der Waals surface area contributed by atoms with Crippen molar-refractivity contribution in [3.05, 3.63) is 59.3 Å². The molecule has 0 radical (unpaired) electrons. The molecule has 1 N–H and O–H groups in total. The van der Waals surface area contributed by atoms with E-state index < -0.39 is 0 Å². The Bertz CT molecular complexity index is 1000. The molecule has 0 aliphatic carbocycles. The number of aromatic nitrogens is 3. The fourth-order valence-electron chi connectivity index (χ4n) is 4.01. The molecule has 1 aliphatic rings. The van der Waals surface area contributed by atoms with E-state index >= 15 is 0 Å². The molecule has 6 heteroatoms. The van der Waals surface area contributed by atoms with Crippen LogP contribution in [0.1, 0.15) is 24.6 Å². The third-order valence-electron chi connectivity index (χ3n) is 5.60. The van der Waals surface area contributed by atoms with Crippen LogP contribution in [0.15, 0.2) is 36.7 Å². The first kappa shape index (κ1) is 18.5. The molecular formula is C22H26N6. The molecule has 144 valence electrons. The summed E-state index contributed by atoms with van der Waals surface area (Å²) in [5.74, 6) is 0.848. The summed E-state index contributed by atoms with van der Waals surface area (Å²) in [6.45, 7) is 15.6. The van der Waals surface area contributed by atoms with E-state index in [-0.39, 0.29) is 0 Å². The van der Waals surface area contributed by atoms with Crippen molar-refractivity contribution in [3.8, 4) is 0 Å². The molecule has 4 rings (SSSR count). The Balaban J connectivity index is 1.33. The Labute approximate surface area is 166 Å². The molecule has 3 heterocycles. The quantitative estimate of drug-likeness (QED) is 0.687. The zero-order valence-corrected chi connectivity index (χ0v) is 16.5. The number of piperazine rings is 1. The molecule has 1 fully saturated rings. The third kappa shape index (κ3) is 3.85. The van der Waals surface area contributed by atoms with Crippen molar-refractivity contribution >= 4 is 22.5 Å². The minimum atomic E-state index is 0.481. The van der Waals surface area contributed by atoms with Gasteiger partial charge in [0.25, 0.3) is 0 Å². The van der Waals surface area contributed by atoms with Crippen molar-refractivity contribution in [2.45, 2.75) is 32.7 Å². The second-order valence-electron chi connectivity index (χ2n) is 7.59. The zero-order valence-electron chi connectivity index (χ0n) is 16.5. The number of nitrogens with one attached hydrogen (secondary N) is 1. The van der Waals surface area contributed by atoms with Crippen molar-refractivity contribution < 1.29 is 0 Å². The fraction of sp³-hybridized carbons (Fsp3) is 0.409. The summed E-state index contributed by atoms with van der Waals surface area (Å²) in [7, 11) is 0. The highest BCUT2D eigenvalue weighted by molar-refractivity contribution is 5.86. The van der Waals surface area contributed by atoms with E-state index in [0.29, 0.717) is 11.7 Å². The van der Waals surface area contributed by atoms with Gasteiger partial charge >= 0.3 is 0 Å². The highest BCUT2D eigenvalue weighted by Crippen LogP contribution is 2.25. The smallest absolute Gasteiger partial charge is 0.225 e. The number of hydrogen-bond acceptors (Lipinski definition) is 4. The molecule has 1 unspecified atom stereocenters. The monoisotopic (exact) mass is 374 g/mol. The van der Waals surface area contributed by atoms with Gasteiger partial charge in [0.15, 0.2) is 5.69 Å². The third-order valence-corrected chi connectivity index (χ3v) is 5.60. The molecule has 3 aromatic rings. The largest absolute Gasteiger partial charge is 0.361 e. The van der Waals surface area contributed by atoms with Gasteiger partial charge < -0.3 is 9.88 Å². The summed E-state index contributed by atoms with van der Waals surface area (Å²) < 4.78 is 0. The van der Waals surface area contributed by atoms with E-state index in [1.165, 1.54) is 10.9 Å². The maximum Gasteiger partial charge on any atom is 0.225 e. The van der Waals surface area contributed by atoms with Gasteiger partial charge in [0.2, 0.25) is 5.95 Å². The number of H-pyrrole nitrogens is 1. The number of rotatable bonds is 5. The molecule has 6 nitrogen and oxygen atoms in total. The highest BCUT2D eigenvalue weighted by Gasteiger charge is 2.24. The van der Waals surface area contributed by atoms with E-state index in [2.05, 4.69) is 42.7 Å². The van der Waals surface area contributed by atoms with E-state index in [0.717, 1.165) is 56.2 Å². The van der Waals surface area contributed by atoms with Gasteiger partial charge in [0.1, 0.15) is 0 Å². The van der Waals surface area contributed by atoms with E-state index in [1.807, 2.05) is 37.4 Å². The predicted molar refractivity (Wildman–Crippen MR) is 113 cm³/mol. The van der Waals surface area contributed by atoms with Crippen LogP contribution in [0.25, 0.3) is 15.7 Å². The first-order chi connectivity index (χ1) is 13.6. The Hall–Kier alpha value is -2.91. The van der Waals surface area contributed by atoms with Gasteiger partial charge in [-0.2, -0.15) is 0 Å². The maximum atomic E-state index is 7.22. The molecule has 1 saturated heterocycles. The first-order valence-electron chi connectivity index (χ1n) is 9.90. The maximum absolute atomic E-state index is 7.22. The Kier molecular flexibility index (Phi) is 5.27. The van der Waals surface area contributed by atoms with Crippen molar-refractivity contribution in [1.82, 2.24) is 19.9 Å². The van der Waals surface area contributed by atoms with Crippen molar-refractivity contribution in [1.29, 1.82) is 0 Å². The average molecular weight is 374 g/mol. The lowest BCUT2D eigenvalue weighted by molar-refractivity contribution is 0.186. The molecule has 0 amide bonds. The lowest BCUT2D eigenvalue weighted by atomic mass is 10.1. The molecule has 1 aliphatic heterocycles. The second kappa shape index (κ2) is 7.99. The number of benzene rings is 1. The highest BCUT2D eigenvalue weighted by atomic mass is 15.3. The van der Waals surface area contributed by atoms with Crippen molar-refractivity contribution in [2.75, 3.05) is 31.1 Å². The van der Waals surface area contributed by atoms with Crippen LogP contribution < -0.4 is 4.90 Å². The number of hydrogen-bond donors (Lipinski definition) is 1. The van der Waals surface area contributed by atoms with E-state index in [9.17, 15) is 0 Å². The topological polar surface area (TPSA) is 52.4 Å². The van der Waals surface area contributed by atoms with E-state index in [4.69, 9.17) is 6.57 Å². The number of aromatic amines is 1. The van der Waals surface area contributed by atoms with Gasteiger partial charge in [-0.05, 0) is 62.4 Å². The Morgan fingerprint density at radius 1 is 1.29 bits per heavy atom. The van der Waals surface area contributed by atoms with Crippen LogP contribution in [0.4, 0.5) is 11.6 Å². The second-order valence-corrected chi connectivity index (χ2v) is 7.59.